The second-order valence-corrected chi connectivity index (χ2v) is 7.78. The third-order valence-corrected chi connectivity index (χ3v) is 5.90. The molecule has 1 atom stereocenters. The third-order valence-electron chi connectivity index (χ3n) is 4.33. The number of pyridine rings is 1. The molecule has 3 rings (SSSR count). The maximum atomic E-state index is 11.9. The molecule has 126 valence electrons. The largest absolute Gasteiger partial charge is 0.372 e. The normalized spacial score (nSPS) is 22.3. The highest BCUT2D eigenvalue weighted by atomic mass is 32.2. The van der Waals surface area contributed by atoms with Crippen molar-refractivity contribution in [3.63, 3.8) is 0 Å². The zero-order valence-electron chi connectivity index (χ0n) is 13.8. The number of likely N-dealkylation sites (tertiary alicyclic amines) is 1. The smallest absolute Gasteiger partial charge is 0.248 e. The molecule has 0 aliphatic carbocycles. The van der Waals surface area contributed by atoms with E-state index in [-0.39, 0.29) is 23.4 Å². The number of hydrogen-bond donors (Lipinski definition) is 0. The van der Waals surface area contributed by atoms with Gasteiger partial charge in [0.05, 0.1) is 23.2 Å². The highest BCUT2D eigenvalue weighted by molar-refractivity contribution is 8.01. The van der Waals surface area contributed by atoms with E-state index in [9.17, 15) is 4.79 Å². The van der Waals surface area contributed by atoms with Crippen molar-refractivity contribution in [1.29, 1.82) is 0 Å². The number of nitrogens with zero attached hydrogens (tertiary/aromatic N) is 2. The number of thioether (sulfide) groups is 1. The van der Waals surface area contributed by atoms with Crippen molar-refractivity contribution >= 4 is 17.7 Å². The molecule has 23 heavy (non-hydrogen) atoms. The lowest BCUT2D eigenvalue weighted by Crippen LogP contribution is -2.61. The summed E-state index contributed by atoms with van der Waals surface area (Å²) in [7, 11) is 0. The standard InChI is InChI=1S/C17H24N2O3S/c1-3-21-9-16(20)19-11-17(12-19)7-15(10-23-17)22-8-14-6-4-5-13(2)18-14/h4-6,15H,3,7-12H2,1-2H3/t15-/m0/s1. The highest BCUT2D eigenvalue weighted by Gasteiger charge is 2.50. The van der Waals surface area contributed by atoms with E-state index in [1.165, 1.54) is 0 Å². The molecule has 2 fully saturated rings. The Labute approximate surface area is 141 Å². The van der Waals surface area contributed by atoms with Crippen LogP contribution in [0.5, 0.6) is 0 Å². The number of carbonyl (C=O) groups excluding carboxylic acids is 1. The van der Waals surface area contributed by atoms with Gasteiger partial charge in [-0.3, -0.25) is 9.78 Å². The summed E-state index contributed by atoms with van der Waals surface area (Å²) in [6.07, 6.45) is 1.27. The minimum atomic E-state index is 0.103. The molecule has 2 aliphatic rings. The van der Waals surface area contributed by atoms with Gasteiger partial charge in [-0.25, -0.2) is 0 Å². The molecule has 1 amide bonds. The molecule has 0 bridgehead atoms. The van der Waals surface area contributed by atoms with E-state index in [2.05, 4.69) is 4.98 Å². The van der Waals surface area contributed by atoms with Crippen LogP contribution in [0, 0.1) is 6.92 Å². The molecule has 6 heteroatoms. The van der Waals surface area contributed by atoms with Crippen molar-refractivity contribution in [2.75, 3.05) is 32.1 Å². The molecule has 3 heterocycles. The Hall–Kier alpha value is -1.11. The monoisotopic (exact) mass is 336 g/mol. The van der Waals surface area contributed by atoms with Crippen LogP contribution in [-0.4, -0.2) is 58.7 Å². The maximum absolute atomic E-state index is 11.9. The van der Waals surface area contributed by atoms with Gasteiger partial charge >= 0.3 is 0 Å². The van der Waals surface area contributed by atoms with Crippen LogP contribution >= 0.6 is 11.8 Å². The fourth-order valence-electron chi connectivity index (χ4n) is 3.12. The molecule has 0 unspecified atom stereocenters. The predicted octanol–water partition coefficient (Wildman–Crippen LogP) is 2.03. The fraction of sp³-hybridized carbons (Fsp3) is 0.647. The number of rotatable bonds is 6. The summed E-state index contributed by atoms with van der Waals surface area (Å²) in [4.78, 5) is 18.3. The van der Waals surface area contributed by atoms with Crippen molar-refractivity contribution in [3.8, 4) is 0 Å². The average molecular weight is 336 g/mol. The van der Waals surface area contributed by atoms with E-state index >= 15 is 0 Å². The van der Waals surface area contributed by atoms with Crippen LogP contribution in [0.3, 0.4) is 0 Å². The maximum Gasteiger partial charge on any atom is 0.248 e. The van der Waals surface area contributed by atoms with Gasteiger partial charge in [-0.05, 0) is 32.4 Å². The summed E-state index contributed by atoms with van der Waals surface area (Å²) in [5.41, 5.74) is 2.00. The van der Waals surface area contributed by atoms with E-state index in [1.807, 2.05) is 48.7 Å². The first-order chi connectivity index (χ1) is 11.1. The Morgan fingerprint density at radius 3 is 3.04 bits per heavy atom. The van der Waals surface area contributed by atoms with Crippen molar-refractivity contribution < 1.29 is 14.3 Å². The average Bonchev–Trinajstić information content (AvgIpc) is 2.94. The summed E-state index contributed by atoms with van der Waals surface area (Å²) in [5, 5.41) is 0. The zero-order chi connectivity index (χ0) is 16.3. The summed E-state index contributed by atoms with van der Waals surface area (Å²) in [6.45, 7) is 6.90. The van der Waals surface area contributed by atoms with Gasteiger partial charge in [-0.2, -0.15) is 0 Å². The molecule has 1 aromatic rings. The van der Waals surface area contributed by atoms with Crippen LogP contribution < -0.4 is 0 Å². The number of aryl methyl sites for hydroxylation is 1. The summed E-state index contributed by atoms with van der Waals surface area (Å²) in [6, 6.07) is 6.01. The zero-order valence-corrected chi connectivity index (χ0v) is 14.6. The van der Waals surface area contributed by atoms with Crippen LogP contribution in [0.25, 0.3) is 0 Å². The Balaban J connectivity index is 1.42. The minimum absolute atomic E-state index is 0.103. The van der Waals surface area contributed by atoms with Gasteiger partial charge in [0.2, 0.25) is 5.91 Å². The fourth-order valence-corrected chi connectivity index (χ4v) is 4.67. The lowest BCUT2D eigenvalue weighted by molar-refractivity contribution is -0.141. The van der Waals surface area contributed by atoms with Gasteiger partial charge in [-0.1, -0.05) is 6.07 Å². The molecule has 0 radical (unpaired) electrons. The Morgan fingerprint density at radius 2 is 2.30 bits per heavy atom. The van der Waals surface area contributed by atoms with Gasteiger partial charge < -0.3 is 14.4 Å². The van der Waals surface area contributed by atoms with Gasteiger partial charge in [-0.15, -0.1) is 11.8 Å². The number of carbonyl (C=O) groups is 1. The topological polar surface area (TPSA) is 51.7 Å². The van der Waals surface area contributed by atoms with Gasteiger partial charge in [0, 0.05) is 31.1 Å². The first kappa shape index (κ1) is 16.7. The summed E-state index contributed by atoms with van der Waals surface area (Å²) < 4.78 is 11.4. The third kappa shape index (κ3) is 4.05. The lowest BCUT2D eigenvalue weighted by Gasteiger charge is -2.47. The SMILES string of the molecule is CCOCC(=O)N1CC2(C[C@H](OCc3cccc(C)n3)CS2)C1. The first-order valence-corrected chi connectivity index (χ1v) is 9.12. The number of amides is 1. The lowest BCUT2D eigenvalue weighted by atomic mass is 9.93. The molecule has 1 aromatic heterocycles. The van der Waals surface area contributed by atoms with Crippen LogP contribution in [0.4, 0.5) is 0 Å². The molecule has 0 N–H and O–H groups in total. The Bertz CT molecular complexity index is 561. The van der Waals surface area contributed by atoms with Crippen LogP contribution in [0.1, 0.15) is 24.7 Å². The number of aromatic nitrogens is 1. The van der Waals surface area contributed by atoms with Crippen LogP contribution in [0.15, 0.2) is 18.2 Å². The Kier molecular flexibility index (Phi) is 5.24. The molecule has 2 saturated heterocycles. The van der Waals surface area contributed by atoms with E-state index in [1.54, 1.807) is 0 Å². The molecular weight excluding hydrogens is 312 g/mol. The number of ether oxygens (including phenoxy) is 2. The first-order valence-electron chi connectivity index (χ1n) is 8.14. The van der Waals surface area contributed by atoms with E-state index in [4.69, 9.17) is 9.47 Å². The predicted molar refractivity (Wildman–Crippen MR) is 90.4 cm³/mol. The molecular formula is C17H24N2O3S. The molecule has 1 spiro atoms. The quantitative estimate of drug-likeness (QED) is 0.796. The summed E-state index contributed by atoms with van der Waals surface area (Å²) >= 11 is 1.94. The second kappa shape index (κ2) is 7.20. The van der Waals surface area contributed by atoms with Crippen molar-refractivity contribution in [1.82, 2.24) is 9.88 Å². The Morgan fingerprint density at radius 1 is 1.48 bits per heavy atom. The van der Waals surface area contributed by atoms with E-state index in [0.29, 0.717) is 13.2 Å². The highest BCUT2D eigenvalue weighted by Crippen LogP contribution is 2.46. The van der Waals surface area contributed by atoms with Gasteiger partial charge in [0.15, 0.2) is 0 Å². The molecule has 5 nitrogen and oxygen atoms in total. The van der Waals surface area contributed by atoms with Crippen molar-refractivity contribution in [2.45, 2.75) is 37.7 Å². The summed E-state index contributed by atoms with van der Waals surface area (Å²) in [5.74, 6) is 1.10. The van der Waals surface area contributed by atoms with Crippen LogP contribution in [0.2, 0.25) is 0 Å². The van der Waals surface area contributed by atoms with E-state index in [0.717, 1.165) is 36.7 Å². The van der Waals surface area contributed by atoms with E-state index < -0.39 is 0 Å². The molecule has 0 aromatic carbocycles. The van der Waals surface area contributed by atoms with Gasteiger partial charge in [0.1, 0.15) is 6.61 Å². The minimum Gasteiger partial charge on any atom is -0.372 e. The molecule has 2 aliphatic heterocycles. The molecule has 0 saturated carbocycles. The second-order valence-electron chi connectivity index (χ2n) is 6.29. The van der Waals surface area contributed by atoms with Gasteiger partial charge in [0.25, 0.3) is 0 Å². The van der Waals surface area contributed by atoms with Crippen molar-refractivity contribution in [3.05, 3.63) is 29.6 Å². The number of hydrogen-bond acceptors (Lipinski definition) is 5. The van der Waals surface area contributed by atoms with Crippen LogP contribution in [-0.2, 0) is 20.9 Å². The van der Waals surface area contributed by atoms with Crippen molar-refractivity contribution in [2.24, 2.45) is 0 Å².